The first-order chi connectivity index (χ1) is 22.1. The minimum Gasteiger partial charge on any atom is -0.337 e. The van der Waals surface area contributed by atoms with Crippen LogP contribution in [0.3, 0.4) is 0 Å². The van der Waals surface area contributed by atoms with Gasteiger partial charge < -0.3 is 10.2 Å². The van der Waals surface area contributed by atoms with Gasteiger partial charge in [-0.2, -0.15) is 5.10 Å². The van der Waals surface area contributed by atoms with Crippen molar-refractivity contribution < 1.29 is 9.59 Å². The first kappa shape index (κ1) is 31.2. The minimum atomic E-state index is -0.327. The molecule has 2 N–H and O–H groups in total. The number of nitrogens with zero attached hydrogens (tertiary/aromatic N) is 5. The number of carbonyl (C=O) groups is 2. The number of amides is 3. The molecule has 3 aromatic heterocycles. The van der Waals surface area contributed by atoms with Gasteiger partial charge in [0.1, 0.15) is 16.5 Å². The molecule has 5 aromatic rings. The van der Waals surface area contributed by atoms with Gasteiger partial charge in [-0.25, -0.2) is 14.5 Å². The lowest BCUT2D eigenvalue weighted by Crippen LogP contribution is -2.39. The molecule has 3 amide bonds. The number of carbonyl (C=O) groups excluding carboxylic acids is 2. The largest absolute Gasteiger partial charge is 0.337 e. The summed E-state index contributed by atoms with van der Waals surface area (Å²) in [6.07, 6.45) is 6.19. The summed E-state index contributed by atoms with van der Waals surface area (Å²) < 4.78 is 1.78. The van der Waals surface area contributed by atoms with Crippen molar-refractivity contribution in [1.82, 2.24) is 24.6 Å². The van der Waals surface area contributed by atoms with Gasteiger partial charge in [-0.1, -0.05) is 50.6 Å². The van der Waals surface area contributed by atoms with E-state index in [-0.39, 0.29) is 17.4 Å². The van der Waals surface area contributed by atoms with Gasteiger partial charge in [0.2, 0.25) is 0 Å². The van der Waals surface area contributed by atoms with Crippen molar-refractivity contribution in [3.8, 4) is 16.3 Å². The Balaban J connectivity index is 1.05. The van der Waals surface area contributed by atoms with Gasteiger partial charge in [0.25, 0.3) is 5.91 Å². The Hall–Kier alpha value is -4.83. The lowest BCUT2D eigenvalue weighted by Gasteiger charge is -2.31. The van der Waals surface area contributed by atoms with Gasteiger partial charge in [0.05, 0.1) is 11.4 Å². The third-order valence-electron chi connectivity index (χ3n) is 8.26. The Morgan fingerprint density at radius 2 is 1.70 bits per heavy atom. The predicted octanol–water partition coefficient (Wildman–Crippen LogP) is 7.74. The number of hydrogen-bond donors (Lipinski definition) is 2. The summed E-state index contributed by atoms with van der Waals surface area (Å²) in [5.74, 6) is 1.05. The van der Waals surface area contributed by atoms with E-state index in [9.17, 15) is 9.59 Å². The molecule has 1 aliphatic heterocycles. The molecule has 236 valence electrons. The number of piperidine rings is 1. The molecule has 1 aliphatic rings. The van der Waals surface area contributed by atoms with Gasteiger partial charge >= 0.3 is 6.03 Å². The number of likely N-dealkylation sites (tertiary alicyclic amines) is 1. The van der Waals surface area contributed by atoms with Crippen LogP contribution in [0.1, 0.15) is 60.9 Å². The van der Waals surface area contributed by atoms with E-state index in [1.165, 1.54) is 11.3 Å². The van der Waals surface area contributed by atoms with Crippen LogP contribution in [-0.4, -0.2) is 49.7 Å². The number of aryl methyl sites for hydroxylation is 1. The van der Waals surface area contributed by atoms with Crippen LogP contribution in [0.25, 0.3) is 16.3 Å². The molecule has 0 saturated carbocycles. The lowest BCUT2D eigenvalue weighted by molar-refractivity contribution is 0.0685. The van der Waals surface area contributed by atoms with Crippen molar-refractivity contribution in [2.24, 2.45) is 5.92 Å². The zero-order valence-corrected chi connectivity index (χ0v) is 27.5. The van der Waals surface area contributed by atoms with Crippen LogP contribution in [-0.2, 0) is 11.8 Å². The molecule has 9 nitrogen and oxygen atoms in total. The van der Waals surface area contributed by atoms with Crippen LogP contribution in [0.15, 0.2) is 84.5 Å². The molecule has 0 aliphatic carbocycles. The fourth-order valence-electron chi connectivity index (χ4n) is 5.61. The number of benzene rings is 2. The molecule has 0 unspecified atom stereocenters. The van der Waals surface area contributed by atoms with E-state index < -0.39 is 0 Å². The summed E-state index contributed by atoms with van der Waals surface area (Å²) in [6, 6.07) is 21.5. The lowest BCUT2D eigenvalue weighted by atomic mass is 9.90. The highest BCUT2D eigenvalue weighted by Crippen LogP contribution is 2.28. The quantitative estimate of drug-likeness (QED) is 0.191. The molecule has 6 rings (SSSR count). The van der Waals surface area contributed by atoms with Crippen LogP contribution in [0.2, 0.25) is 0 Å². The fourth-order valence-corrected chi connectivity index (χ4v) is 6.41. The Morgan fingerprint density at radius 3 is 2.41 bits per heavy atom. The van der Waals surface area contributed by atoms with E-state index in [1.807, 2.05) is 77.9 Å². The molecule has 2 aromatic carbocycles. The summed E-state index contributed by atoms with van der Waals surface area (Å²) in [5.41, 5.74) is 6.11. The summed E-state index contributed by atoms with van der Waals surface area (Å²) in [4.78, 5) is 36.9. The first-order valence-corrected chi connectivity index (χ1v) is 16.5. The smallest absolute Gasteiger partial charge is 0.324 e. The molecule has 1 fully saturated rings. The normalized spacial score (nSPS) is 13.9. The van der Waals surface area contributed by atoms with Gasteiger partial charge in [0, 0.05) is 53.6 Å². The van der Waals surface area contributed by atoms with Crippen LogP contribution >= 0.6 is 11.3 Å². The maximum absolute atomic E-state index is 13.2. The number of nitrogens with one attached hydrogen (secondary N) is 2. The molecule has 0 radical (unpaired) electrons. The van der Waals surface area contributed by atoms with Crippen LogP contribution in [0.4, 0.5) is 16.3 Å². The third kappa shape index (κ3) is 7.34. The molecule has 4 heterocycles. The van der Waals surface area contributed by atoms with E-state index in [1.54, 1.807) is 17.1 Å². The Bertz CT molecular complexity index is 1820. The number of pyridine rings is 1. The van der Waals surface area contributed by atoms with E-state index in [0.29, 0.717) is 30.5 Å². The average Bonchev–Trinajstić information content (AvgIpc) is 3.71. The van der Waals surface area contributed by atoms with Crippen molar-refractivity contribution in [2.45, 2.75) is 52.4 Å². The topological polar surface area (TPSA) is 105 Å². The van der Waals surface area contributed by atoms with Gasteiger partial charge in [-0.15, -0.1) is 11.3 Å². The summed E-state index contributed by atoms with van der Waals surface area (Å²) in [5, 5.41) is 13.5. The second kappa shape index (κ2) is 13.3. The number of aromatic nitrogens is 4. The number of rotatable bonds is 7. The second-order valence-corrected chi connectivity index (χ2v) is 13.8. The Morgan fingerprint density at radius 1 is 0.957 bits per heavy atom. The van der Waals surface area contributed by atoms with Crippen molar-refractivity contribution in [3.05, 3.63) is 107 Å². The Kier molecular flexibility index (Phi) is 8.99. The van der Waals surface area contributed by atoms with Crippen molar-refractivity contribution in [3.63, 3.8) is 0 Å². The van der Waals surface area contributed by atoms with Crippen molar-refractivity contribution in [1.29, 1.82) is 0 Å². The van der Waals surface area contributed by atoms with Gasteiger partial charge in [0.15, 0.2) is 0 Å². The third-order valence-corrected chi connectivity index (χ3v) is 9.15. The maximum Gasteiger partial charge on any atom is 0.324 e. The van der Waals surface area contributed by atoms with E-state index >= 15 is 0 Å². The predicted molar refractivity (Wildman–Crippen MR) is 184 cm³/mol. The number of urea groups is 1. The van der Waals surface area contributed by atoms with Crippen LogP contribution in [0, 0.1) is 12.8 Å². The zero-order chi connectivity index (χ0) is 32.3. The van der Waals surface area contributed by atoms with E-state index in [0.717, 1.165) is 58.0 Å². The maximum atomic E-state index is 13.2. The first-order valence-electron chi connectivity index (χ1n) is 15.6. The number of thiazole rings is 1. The molecule has 46 heavy (non-hydrogen) atoms. The SMILES string of the molecule is Cc1ccc(-n2nc(C(C)(C)C)cc2NC(=O)Nc2cccc(CC3CCN(C(=O)c4csc(-c5ccncc5)n4)CC3)c2)cc1. The van der Waals surface area contributed by atoms with Crippen LogP contribution in [0.5, 0.6) is 0 Å². The summed E-state index contributed by atoms with van der Waals surface area (Å²) in [7, 11) is 0. The second-order valence-electron chi connectivity index (χ2n) is 12.9. The highest BCUT2D eigenvalue weighted by Gasteiger charge is 2.26. The van der Waals surface area contributed by atoms with E-state index in [2.05, 4.69) is 47.4 Å². The standard InChI is InChI=1S/C36H39N7O2S/c1-24-8-10-29(11-9-24)43-32(22-31(41-43)36(2,3)4)40-35(45)38-28-7-5-6-26(21-28)20-25-14-18-42(19-15-25)34(44)30-23-46-33(39-30)27-12-16-37-17-13-27/h5-13,16-17,21-23,25H,14-15,18-20H2,1-4H3,(H2,38,40,45). The highest BCUT2D eigenvalue weighted by molar-refractivity contribution is 7.13. The van der Waals surface area contributed by atoms with Gasteiger partial charge in [-0.05, 0) is 74.1 Å². The molecular weight excluding hydrogens is 595 g/mol. The Labute approximate surface area is 273 Å². The molecule has 0 bridgehead atoms. The molecule has 10 heteroatoms. The monoisotopic (exact) mass is 633 g/mol. The average molecular weight is 634 g/mol. The number of hydrogen-bond acceptors (Lipinski definition) is 6. The highest BCUT2D eigenvalue weighted by atomic mass is 32.1. The molecule has 0 spiro atoms. The molecular formula is C36H39N7O2S. The fraction of sp³-hybridized carbons (Fsp3) is 0.306. The molecule has 1 saturated heterocycles. The zero-order valence-electron chi connectivity index (χ0n) is 26.7. The minimum absolute atomic E-state index is 0.00874. The molecule has 0 atom stereocenters. The number of anilines is 2. The van der Waals surface area contributed by atoms with Crippen molar-refractivity contribution in [2.75, 3.05) is 23.7 Å². The van der Waals surface area contributed by atoms with Crippen LogP contribution < -0.4 is 10.6 Å². The van der Waals surface area contributed by atoms with Gasteiger partial charge in [-0.3, -0.25) is 15.1 Å². The summed E-state index contributed by atoms with van der Waals surface area (Å²) in [6.45, 7) is 9.77. The van der Waals surface area contributed by atoms with Crippen molar-refractivity contribution >= 4 is 34.8 Å². The summed E-state index contributed by atoms with van der Waals surface area (Å²) >= 11 is 1.48. The van der Waals surface area contributed by atoms with E-state index in [4.69, 9.17) is 5.10 Å².